The molecule has 0 radical (unpaired) electrons. The Hall–Kier alpha value is -2.87. The summed E-state index contributed by atoms with van der Waals surface area (Å²) in [7, 11) is 0. The number of carboxylic acids is 1. The highest BCUT2D eigenvalue weighted by Gasteiger charge is 2.62. The van der Waals surface area contributed by atoms with E-state index in [0.717, 1.165) is 66.2 Å². The van der Waals surface area contributed by atoms with Crippen LogP contribution in [0.4, 0.5) is 0 Å². The lowest BCUT2D eigenvalue weighted by Crippen LogP contribution is -2.68. The molecule has 4 saturated carbocycles. The molecule has 14 heteroatoms. The number of thioether (sulfide) groups is 1. The maximum Gasteiger partial charge on any atom is 0.346 e. The number of rotatable bonds is 11. The minimum absolute atomic E-state index is 0.301. The van der Waals surface area contributed by atoms with E-state index in [1.54, 1.807) is 0 Å². The molecule has 1 amide bonds. The van der Waals surface area contributed by atoms with Crippen LogP contribution in [0.3, 0.4) is 0 Å². The van der Waals surface area contributed by atoms with E-state index in [0.29, 0.717) is 17.8 Å². The van der Waals surface area contributed by atoms with Crippen LogP contribution in [-0.2, 0) is 52.5 Å². The molecule has 5 rings (SSSR count). The molecule has 2 N–H and O–H groups in total. The molecule has 0 aromatic heterocycles. The first-order valence-electron chi connectivity index (χ1n) is 14.6. The van der Waals surface area contributed by atoms with Gasteiger partial charge in [-0.25, -0.2) is 4.79 Å². The molecule has 1 heterocycles. The van der Waals surface area contributed by atoms with Crippen LogP contribution in [0, 0.1) is 17.8 Å². The van der Waals surface area contributed by atoms with Gasteiger partial charge in [0.2, 0.25) is 10.8 Å². The molecule has 5 aliphatic rings. The first-order chi connectivity index (χ1) is 20.1. The van der Waals surface area contributed by atoms with Crippen molar-refractivity contribution in [1.82, 2.24) is 5.32 Å². The lowest BCUT2D eigenvalue weighted by atomic mass is 9.56. The zero-order valence-electron chi connectivity index (χ0n) is 25.1. The molecule has 13 nitrogen and oxygen atoms in total. The normalized spacial score (nSPS) is 35.7. The summed E-state index contributed by atoms with van der Waals surface area (Å²) in [6, 6.07) is -1.22. The molecule has 0 unspecified atom stereocenters. The average Bonchev–Trinajstić information content (AvgIpc) is 2.84. The van der Waals surface area contributed by atoms with Crippen molar-refractivity contribution in [1.29, 1.82) is 0 Å². The highest BCUT2D eigenvalue weighted by Crippen LogP contribution is 2.64. The lowest BCUT2D eigenvalue weighted by molar-refractivity contribution is -0.223. The zero-order valence-corrected chi connectivity index (χ0v) is 25.9. The number of hydrogen-bond donors (Lipinski definition) is 2. The second kappa shape index (κ2) is 13.0. The van der Waals surface area contributed by atoms with Gasteiger partial charge in [-0.05, 0) is 56.3 Å². The summed E-state index contributed by atoms with van der Waals surface area (Å²) < 4.78 is 27.8. The smallest absolute Gasteiger partial charge is 0.346 e. The third-order valence-electron chi connectivity index (χ3n) is 8.69. The standard InChI is InChI=1S/C29H41NO12S/c1-14(31)30-24-22(39-16(3)33)12-29(27(36)37,43-28-9-19-6-20(10-28)8-21(7-19)11-28)42-26(24)25(41-18(5)35)23(40-17(4)34)13-38-15(2)32/h19-26H,6-13H2,1-5H3,(H,30,31)(H,36,37)/t19?,20?,21?,22-,23+,24+,25+,26+,28?,29-/m0/s1. The maximum absolute atomic E-state index is 13.3. The van der Waals surface area contributed by atoms with E-state index in [1.165, 1.54) is 18.7 Å². The van der Waals surface area contributed by atoms with Crippen LogP contribution in [-0.4, -0.2) is 87.6 Å². The van der Waals surface area contributed by atoms with Crippen molar-refractivity contribution in [3.8, 4) is 0 Å². The van der Waals surface area contributed by atoms with Crippen molar-refractivity contribution < 1.29 is 57.6 Å². The average molecular weight is 628 g/mol. The summed E-state index contributed by atoms with van der Waals surface area (Å²) in [4.78, 5) is 72.2. The number of carbonyl (C=O) groups is 6. The minimum atomic E-state index is -1.98. The number of carboxylic acid groups (broad SMARTS) is 1. The first-order valence-corrected chi connectivity index (χ1v) is 15.5. The molecular formula is C29H41NO12S. The highest BCUT2D eigenvalue weighted by molar-refractivity contribution is 8.02. The van der Waals surface area contributed by atoms with E-state index >= 15 is 0 Å². The van der Waals surface area contributed by atoms with Gasteiger partial charge in [0.25, 0.3) is 0 Å². The van der Waals surface area contributed by atoms with Gasteiger partial charge in [-0.2, -0.15) is 0 Å². The number of ether oxygens (including phenoxy) is 5. The topological polar surface area (TPSA) is 181 Å². The summed E-state index contributed by atoms with van der Waals surface area (Å²) in [6.45, 7) is 5.16. The van der Waals surface area contributed by atoms with E-state index in [2.05, 4.69) is 5.32 Å². The van der Waals surface area contributed by atoms with Gasteiger partial charge < -0.3 is 34.1 Å². The molecule has 5 fully saturated rings. The Morgan fingerprint density at radius 1 is 0.837 bits per heavy atom. The van der Waals surface area contributed by atoms with Gasteiger partial charge in [-0.1, -0.05) is 0 Å². The molecule has 1 saturated heterocycles. The van der Waals surface area contributed by atoms with Gasteiger partial charge in [0, 0.05) is 45.8 Å². The third-order valence-corrected chi connectivity index (χ3v) is 10.4. The van der Waals surface area contributed by atoms with E-state index in [-0.39, 0.29) is 11.2 Å². The quantitative estimate of drug-likeness (QED) is 0.251. The van der Waals surface area contributed by atoms with Crippen LogP contribution in [0.25, 0.3) is 0 Å². The van der Waals surface area contributed by atoms with Gasteiger partial charge in [-0.15, -0.1) is 11.8 Å². The Kier molecular flexibility index (Phi) is 9.99. The predicted octanol–water partition coefficient (Wildman–Crippen LogP) is 2.12. The van der Waals surface area contributed by atoms with Crippen molar-refractivity contribution in [3.63, 3.8) is 0 Å². The van der Waals surface area contributed by atoms with Crippen molar-refractivity contribution in [2.45, 2.75) is 120 Å². The van der Waals surface area contributed by atoms with Gasteiger partial charge >= 0.3 is 29.8 Å². The molecule has 240 valence electrons. The number of esters is 4. The van der Waals surface area contributed by atoms with Gasteiger partial charge in [0.05, 0.1) is 6.04 Å². The third kappa shape index (κ3) is 7.81. The lowest BCUT2D eigenvalue weighted by Gasteiger charge is -2.59. The minimum Gasteiger partial charge on any atom is -0.478 e. The first kappa shape index (κ1) is 33.0. The van der Waals surface area contributed by atoms with Crippen LogP contribution < -0.4 is 5.32 Å². The van der Waals surface area contributed by atoms with Gasteiger partial charge in [0.1, 0.15) is 18.8 Å². The predicted molar refractivity (Wildman–Crippen MR) is 149 cm³/mol. The summed E-state index contributed by atoms with van der Waals surface area (Å²) >= 11 is 1.21. The van der Waals surface area contributed by atoms with Crippen molar-refractivity contribution in [3.05, 3.63) is 0 Å². The van der Waals surface area contributed by atoms with Crippen molar-refractivity contribution in [2.24, 2.45) is 17.8 Å². The van der Waals surface area contributed by atoms with Gasteiger partial charge in [0.15, 0.2) is 12.2 Å². The summed E-state index contributed by atoms with van der Waals surface area (Å²) in [5.74, 6) is -3.47. The molecule has 1 aliphatic heterocycles. The highest BCUT2D eigenvalue weighted by atomic mass is 32.2. The van der Waals surface area contributed by atoms with Gasteiger partial charge in [-0.3, -0.25) is 24.0 Å². The second-order valence-electron chi connectivity index (χ2n) is 12.4. The van der Waals surface area contributed by atoms with Crippen molar-refractivity contribution in [2.75, 3.05) is 6.61 Å². The Balaban J connectivity index is 1.80. The molecule has 0 aromatic carbocycles. The summed E-state index contributed by atoms with van der Waals surface area (Å²) in [5, 5.41) is 13.5. The molecule has 4 aliphatic carbocycles. The Morgan fingerprint density at radius 3 is 1.84 bits per heavy atom. The fraction of sp³-hybridized carbons (Fsp3) is 0.793. The number of carbonyl (C=O) groups excluding carboxylic acids is 5. The number of nitrogens with one attached hydrogen (secondary N) is 1. The fourth-order valence-electron chi connectivity index (χ4n) is 7.86. The SMILES string of the molecule is CC(=O)N[C@H]1[C@H]([C@H](OC(C)=O)[C@@H](COC(C)=O)OC(C)=O)O[C@@](SC23CC4CC(CC(C4)C2)C3)(C(=O)O)C[C@@H]1OC(C)=O. The second-order valence-corrected chi connectivity index (χ2v) is 14.2. The number of hydrogen-bond acceptors (Lipinski definition) is 12. The molecule has 0 spiro atoms. The van der Waals surface area contributed by atoms with Crippen LogP contribution in [0.2, 0.25) is 0 Å². The van der Waals surface area contributed by atoms with E-state index < -0.39 is 77.8 Å². The Morgan fingerprint density at radius 2 is 1.40 bits per heavy atom. The Bertz CT molecular complexity index is 1110. The number of aliphatic carboxylic acids is 1. The summed E-state index contributed by atoms with van der Waals surface area (Å²) in [5.41, 5.74) is 0. The van der Waals surface area contributed by atoms with E-state index in [4.69, 9.17) is 23.7 Å². The maximum atomic E-state index is 13.3. The Labute approximate surface area is 254 Å². The molecule has 43 heavy (non-hydrogen) atoms. The number of amides is 1. The molecule has 4 bridgehead atoms. The van der Waals surface area contributed by atoms with Crippen LogP contribution >= 0.6 is 11.8 Å². The zero-order chi connectivity index (χ0) is 31.7. The van der Waals surface area contributed by atoms with Crippen LogP contribution in [0.15, 0.2) is 0 Å². The van der Waals surface area contributed by atoms with Crippen molar-refractivity contribution >= 4 is 47.5 Å². The largest absolute Gasteiger partial charge is 0.478 e. The van der Waals surface area contributed by atoms with E-state index in [1.807, 2.05) is 0 Å². The molecule has 0 aromatic rings. The monoisotopic (exact) mass is 627 g/mol. The summed E-state index contributed by atoms with van der Waals surface area (Å²) in [6.07, 6.45) is -0.167. The van der Waals surface area contributed by atoms with E-state index in [9.17, 15) is 33.9 Å². The van der Waals surface area contributed by atoms with Crippen LogP contribution in [0.1, 0.15) is 79.6 Å². The van der Waals surface area contributed by atoms with Crippen LogP contribution in [0.5, 0.6) is 0 Å². The fourth-order valence-corrected chi connectivity index (χ4v) is 10.0. The molecule has 6 atom stereocenters. The molecular weight excluding hydrogens is 586 g/mol.